The van der Waals surface area contributed by atoms with Crippen LogP contribution in [0, 0.1) is 35.5 Å². The zero-order valence-corrected chi connectivity index (χ0v) is 27.5. The van der Waals surface area contributed by atoms with E-state index in [1.54, 1.807) is 0 Å². The Morgan fingerprint density at radius 1 is 0.591 bits per heavy atom. The molecular weight excluding hydrogens is 560 g/mol. The average Bonchev–Trinajstić information content (AvgIpc) is 2.96. The first-order chi connectivity index (χ1) is 21.0. The number of ketones is 4. The summed E-state index contributed by atoms with van der Waals surface area (Å²) in [6.07, 6.45) is 10.3. The number of Topliss-reactive ketones (excluding diaryl/α,β-unsaturated/α-hetero) is 4. The summed E-state index contributed by atoms with van der Waals surface area (Å²) in [6, 6.07) is 0. The van der Waals surface area contributed by atoms with E-state index in [0.29, 0.717) is 61.9 Å². The van der Waals surface area contributed by atoms with Gasteiger partial charge in [-0.2, -0.15) is 0 Å². The molecule has 0 aromatic heterocycles. The number of hydrogen-bond donors (Lipinski definition) is 2. The Bertz CT molecular complexity index is 976. The maximum Gasteiger partial charge on any atom is 0.180 e. The fourth-order valence-electron chi connectivity index (χ4n) is 7.90. The van der Waals surface area contributed by atoms with Crippen molar-refractivity contribution in [1.29, 1.82) is 0 Å². The fourth-order valence-corrected chi connectivity index (χ4v) is 7.90. The lowest BCUT2D eigenvalue weighted by Gasteiger charge is -2.34. The zero-order valence-electron chi connectivity index (χ0n) is 27.5. The third kappa shape index (κ3) is 10.9. The maximum absolute atomic E-state index is 12.4. The van der Waals surface area contributed by atoms with E-state index < -0.39 is 0 Å². The molecule has 2 saturated heterocycles. The van der Waals surface area contributed by atoms with Gasteiger partial charge in [-0.3, -0.25) is 19.2 Å². The quantitative estimate of drug-likeness (QED) is 0.285. The smallest absolute Gasteiger partial charge is 0.180 e. The number of carbonyl (C=O) groups excluding carboxylic acids is 4. The second-order valence-corrected chi connectivity index (χ2v) is 14.2. The molecule has 10 heteroatoms. The third-order valence-corrected chi connectivity index (χ3v) is 10.3. The SMILES string of the molecule is C[C@H]1CC(=O)[C@H]2CCCN(C)CCCC(=O)/C(=N/O)C[C@@H]2C1.C[C@H]1CC(=O)[C@H]2CCCN(C)CCCC(=O)/C(=N/O)C[C@@H]2C1. The first-order valence-corrected chi connectivity index (χ1v) is 16.9. The standard InChI is InChI=1S/2C17H28N2O3/c2*1-12-9-13-11-15(18-22)16(20)6-4-8-19(2)7-3-5-14(13)17(21)10-12/h2*12-14,22H,3-11H2,1-2H3/b2*18-15+/t2*12-,13+,14+/m11/s1. The molecule has 0 amide bonds. The van der Waals surface area contributed by atoms with Gasteiger partial charge in [0.05, 0.1) is 0 Å². The van der Waals surface area contributed by atoms with Gasteiger partial charge in [0.15, 0.2) is 11.6 Å². The molecule has 2 aliphatic heterocycles. The van der Waals surface area contributed by atoms with Gasteiger partial charge in [-0.15, -0.1) is 0 Å². The lowest BCUT2D eigenvalue weighted by molar-refractivity contribution is -0.129. The van der Waals surface area contributed by atoms with Crippen LogP contribution >= 0.6 is 0 Å². The van der Waals surface area contributed by atoms with Crippen LogP contribution in [0.15, 0.2) is 10.3 Å². The Hall–Kier alpha value is -2.46. The van der Waals surface area contributed by atoms with Crippen molar-refractivity contribution in [2.24, 2.45) is 45.8 Å². The predicted molar refractivity (Wildman–Crippen MR) is 170 cm³/mol. The van der Waals surface area contributed by atoms with Gasteiger partial charge in [-0.1, -0.05) is 24.2 Å². The van der Waals surface area contributed by atoms with E-state index in [1.807, 2.05) is 0 Å². The number of rotatable bonds is 0. The highest BCUT2D eigenvalue weighted by atomic mass is 16.4. The van der Waals surface area contributed by atoms with E-state index in [9.17, 15) is 29.6 Å². The molecule has 44 heavy (non-hydrogen) atoms. The Kier molecular flexibility index (Phi) is 14.6. The van der Waals surface area contributed by atoms with Gasteiger partial charge in [-0.25, -0.2) is 0 Å². The summed E-state index contributed by atoms with van der Waals surface area (Å²) in [5.74, 6) is 1.58. The van der Waals surface area contributed by atoms with Gasteiger partial charge < -0.3 is 20.2 Å². The molecule has 0 radical (unpaired) electrons. The van der Waals surface area contributed by atoms with Gasteiger partial charge in [-0.05, 0) is 115 Å². The number of nitrogens with zero attached hydrogens (tertiary/aromatic N) is 4. The highest BCUT2D eigenvalue weighted by molar-refractivity contribution is 6.40. The highest BCUT2D eigenvalue weighted by Crippen LogP contribution is 2.38. The molecule has 2 saturated carbocycles. The molecule has 2 aliphatic carbocycles. The van der Waals surface area contributed by atoms with Crippen LogP contribution in [-0.4, -0.2) is 95.0 Å². The van der Waals surface area contributed by atoms with E-state index in [-0.39, 0.29) is 46.7 Å². The summed E-state index contributed by atoms with van der Waals surface area (Å²) in [5, 5.41) is 24.9. The van der Waals surface area contributed by atoms with Gasteiger partial charge in [0.1, 0.15) is 23.0 Å². The lowest BCUT2D eigenvalue weighted by Crippen LogP contribution is -2.36. The minimum atomic E-state index is -0.0686. The Balaban J connectivity index is 0.000000240. The van der Waals surface area contributed by atoms with Crippen LogP contribution in [0.1, 0.15) is 104 Å². The Morgan fingerprint density at radius 3 is 1.32 bits per heavy atom. The van der Waals surface area contributed by atoms with Gasteiger partial charge >= 0.3 is 0 Å². The lowest BCUT2D eigenvalue weighted by atomic mass is 9.70. The molecular formula is C34H56N4O6. The van der Waals surface area contributed by atoms with Crippen LogP contribution in [0.25, 0.3) is 0 Å². The first-order valence-electron chi connectivity index (χ1n) is 16.9. The summed E-state index contributed by atoms with van der Waals surface area (Å²) in [7, 11) is 4.11. The summed E-state index contributed by atoms with van der Waals surface area (Å²) >= 11 is 0. The second kappa shape index (κ2) is 17.9. The number of fused-ring (bicyclic) bond motifs is 2. The van der Waals surface area contributed by atoms with Crippen LogP contribution in [0.5, 0.6) is 0 Å². The van der Waals surface area contributed by atoms with E-state index in [0.717, 1.165) is 77.5 Å². The van der Waals surface area contributed by atoms with Crippen molar-refractivity contribution in [2.75, 3.05) is 40.3 Å². The molecule has 2 heterocycles. The van der Waals surface area contributed by atoms with Crippen molar-refractivity contribution in [3.05, 3.63) is 0 Å². The monoisotopic (exact) mass is 616 g/mol. The normalized spacial score (nSPS) is 34.8. The minimum absolute atomic E-state index is 0.0218. The van der Waals surface area contributed by atoms with Crippen LogP contribution in [0.4, 0.5) is 0 Å². The predicted octanol–water partition coefficient (Wildman–Crippen LogP) is 5.03. The summed E-state index contributed by atoms with van der Waals surface area (Å²) in [5.41, 5.74) is 0.528. The molecule has 4 fully saturated rings. The van der Waals surface area contributed by atoms with E-state index in [1.165, 1.54) is 0 Å². The molecule has 4 rings (SSSR count). The van der Waals surface area contributed by atoms with E-state index in [2.05, 4.69) is 48.1 Å². The van der Waals surface area contributed by atoms with Crippen molar-refractivity contribution in [3.8, 4) is 0 Å². The average molecular weight is 617 g/mol. The van der Waals surface area contributed by atoms with Crippen molar-refractivity contribution in [3.63, 3.8) is 0 Å². The van der Waals surface area contributed by atoms with Crippen LogP contribution < -0.4 is 0 Å². The molecule has 4 aliphatic rings. The molecule has 0 aromatic rings. The second-order valence-electron chi connectivity index (χ2n) is 14.2. The largest absolute Gasteiger partial charge is 0.411 e. The number of hydrogen-bond acceptors (Lipinski definition) is 10. The van der Waals surface area contributed by atoms with Crippen molar-refractivity contribution in [2.45, 2.75) is 104 Å². The van der Waals surface area contributed by atoms with Crippen molar-refractivity contribution >= 4 is 34.6 Å². The molecule has 6 atom stereocenters. The Morgan fingerprint density at radius 2 is 0.955 bits per heavy atom. The van der Waals surface area contributed by atoms with Gasteiger partial charge in [0, 0.05) is 50.4 Å². The van der Waals surface area contributed by atoms with Crippen LogP contribution in [0.2, 0.25) is 0 Å². The van der Waals surface area contributed by atoms with Gasteiger partial charge in [0.2, 0.25) is 0 Å². The molecule has 248 valence electrons. The molecule has 0 bridgehead atoms. The van der Waals surface area contributed by atoms with E-state index in [4.69, 9.17) is 0 Å². The van der Waals surface area contributed by atoms with Crippen molar-refractivity contribution in [1.82, 2.24) is 9.80 Å². The number of carbonyl (C=O) groups is 4. The van der Waals surface area contributed by atoms with Crippen molar-refractivity contribution < 1.29 is 29.6 Å². The summed E-state index contributed by atoms with van der Waals surface area (Å²) in [6.45, 7) is 7.86. The Labute approximate surface area is 263 Å². The number of oxime groups is 2. The first kappa shape index (κ1) is 36.0. The molecule has 2 N–H and O–H groups in total. The molecule has 0 unspecified atom stereocenters. The zero-order chi connectivity index (χ0) is 32.2. The summed E-state index contributed by atoms with van der Waals surface area (Å²) < 4.78 is 0. The topological polar surface area (TPSA) is 140 Å². The highest BCUT2D eigenvalue weighted by Gasteiger charge is 2.37. The molecule has 10 nitrogen and oxygen atoms in total. The third-order valence-electron chi connectivity index (χ3n) is 10.3. The molecule has 0 aromatic carbocycles. The molecule has 0 spiro atoms. The van der Waals surface area contributed by atoms with Gasteiger partial charge in [0.25, 0.3) is 0 Å². The summed E-state index contributed by atoms with van der Waals surface area (Å²) in [4.78, 5) is 53.7. The minimum Gasteiger partial charge on any atom is -0.411 e. The fraction of sp³-hybridized carbons (Fsp3) is 0.824. The van der Waals surface area contributed by atoms with Crippen LogP contribution in [0.3, 0.4) is 0 Å². The van der Waals surface area contributed by atoms with Crippen LogP contribution in [-0.2, 0) is 19.2 Å². The maximum atomic E-state index is 12.4. The van der Waals surface area contributed by atoms with E-state index >= 15 is 0 Å².